The summed E-state index contributed by atoms with van der Waals surface area (Å²) in [6, 6.07) is 4.68. The lowest BCUT2D eigenvalue weighted by molar-refractivity contribution is 0.621. The average Bonchev–Trinajstić information content (AvgIpc) is 2.57. The van der Waals surface area contributed by atoms with Crippen LogP contribution in [0.15, 0.2) is 16.6 Å². The van der Waals surface area contributed by atoms with E-state index in [1.54, 1.807) is 0 Å². The second-order valence-corrected chi connectivity index (χ2v) is 5.63. The normalized spacial score (nSPS) is 14.5. The second-order valence-electron chi connectivity index (χ2n) is 4.84. The van der Waals surface area contributed by atoms with Crippen molar-refractivity contribution in [2.24, 2.45) is 0 Å². The zero-order chi connectivity index (χ0) is 12.0. The van der Waals surface area contributed by atoms with Gasteiger partial charge < -0.3 is 9.88 Å². The minimum atomic E-state index is 0.944. The number of nitrogens with one attached hydrogen (secondary N) is 1. The molecule has 0 amide bonds. The Hall–Kier alpha value is -0.800. The predicted molar refractivity (Wildman–Crippen MR) is 75.5 cm³/mol. The molecule has 2 aromatic rings. The standard InChI is InChI=1S/C14H17BrN2/c1-9-13(15)12-7-10(8-16-2)6-11-4-3-5-17(9)14(11)12/h6-7,16H,3-5,8H2,1-2H3. The Kier molecular flexibility index (Phi) is 2.75. The summed E-state index contributed by atoms with van der Waals surface area (Å²) in [5, 5.41) is 4.62. The Labute approximate surface area is 110 Å². The van der Waals surface area contributed by atoms with Crippen molar-refractivity contribution in [2.75, 3.05) is 7.05 Å². The number of aryl methyl sites for hydroxylation is 2. The van der Waals surface area contributed by atoms with Gasteiger partial charge in [-0.2, -0.15) is 0 Å². The lowest BCUT2D eigenvalue weighted by Crippen LogP contribution is -2.10. The Balaban J connectivity index is 2.33. The van der Waals surface area contributed by atoms with Crippen LogP contribution in [-0.4, -0.2) is 11.6 Å². The first kappa shape index (κ1) is 11.3. The fraction of sp³-hybridized carbons (Fsp3) is 0.429. The van der Waals surface area contributed by atoms with Crippen molar-refractivity contribution in [1.82, 2.24) is 9.88 Å². The Bertz CT molecular complexity index is 584. The quantitative estimate of drug-likeness (QED) is 0.898. The van der Waals surface area contributed by atoms with E-state index in [1.807, 2.05) is 7.05 Å². The fourth-order valence-corrected chi connectivity index (χ4v) is 3.45. The summed E-state index contributed by atoms with van der Waals surface area (Å²) in [6.07, 6.45) is 2.47. The van der Waals surface area contributed by atoms with Crippen LogP contribution >= 0.6 is 15.9 Å². The maximum absolute atomic E-state index is 3.75. The molecule has 1 aromatic carbocycles. The molecular formula is C14H17BrN2. The highest BCUT2D eigenvalue weighted by molar-refractivity contribution is 9.10. The van der Waals surface area contributed by atoms with Gasteiger partial charge in [0.15, 0.2) is 0 Å². The number of rotatable bonds is 2. The van der Waals surface area contributed by atoms with Crippen LogP contribution in [0.1, 0.15) is 23.2 Å². The van der Waals surface area contributed by atoms with Crippen molar-refractivity contribution >= 4 is 26.8 Å². The van der Waals surface area contributed by atoms with Crippen molar-refractivity contribution in [3.63, 3.8) is 0 Å². The molecule has 0 aliphatic carbocycles. The topological polar surface area (TPSA) is 17.0 Å². The molecule has 0 fully saturated rings. The molecule has 3 heteroatoms. The molecule has 1 aliphatic heterocycles. The second kappa shape index (κ2) is 4.14. The summed E-state index contributed by atoms with van der Waals surface area (Å²) >= 11 is 3.75. The first-order chi connectivity index (χ1) is 8.22. The average molecular weight is 293 g/mol. The number of hydrogen-bond acceptors (Lipinski definition) is 1. The predicted octanol–water partition coefficient (Wildman–Crippen LogP) is 3.38. The highest BCUT2D eigenvalue weighted by Gasteiger charge is 2.19. The fourth-order valence-electron chi connectivity index (χ4n) is 2.93. The van der Waals surface area contributed by atoms with Crippen LogP contribution in [0.3, 0.4) is 0 Å². The molecule has 2 nitrogen and oxygen atoms in total. The molecule has 0 saturated heterocycles. The lowest BCUT2D eigenvalue weighted by Gasteiger charge is -2.18. The van der Waals surface area contributed by atoms with E-state index in [4.69, 9.17) is 0 Å². The van der Waals surface area contributed by atoms with Gasteiger partial charge in [0.25, 0.3) is 0 Å². The number of hydrogen-bond donors (Lipinski definition) is 1. The number of halogens is 1. The lowest BCUT2D eigenvalue weighted by atomic mass is 10.0. The van der Waals surface area contributed by atoms with Gasteiger partial charge in [0.05, 0.1) is 5.52 Å². The van der Waals surface area contributed by atoms with Crippen LogP contribution in [0.25, 0.3) is 10.9 Å². The highest BCUT2D eigenvalue weighted by atomic mass is 79.9. The minimum absolute atomic E-state index is 0.944. The maximum Gasteiger partial charge on any atom is 0.0526 e. The van der Waals surface area contributed by atoms with Gasteiger partial charge in [-0.15, -0.1) is 0 Å². The first-order valence-corrected chi connectivity index (χ1v) is 6.96. The molecule has 0 unspecified atom stereocenters. The van der Waals surface area contributed by atoms with E-state index in [-0.39, 0.29) is 0 Å². The molecular weight excluding hydrogens is 276 g/mol. The molecule has 17 heavy (non-hydrogen) atoms. The van der Waals surface area contributed by atoms with Crippen molar-refractivity contribution in [1.29, 1.82) is 0 Å². The first-order valence-electron chi connectivity index (χ1n) is 6.17. The zero-order valence-corrected chi connectivity index (χ0v) is 11.9. The summed E-state index contributed by atoms with van der Waals surface area (Å²) in [7, 11) is 2.00. The molecule has 1 aliphatic rings. The summed E-state index contributed by atoms with van der Waals surface area (Å²) in [6.45, 7) is 4.31. The SMILES string of the molecule is CNCc1cc2c3c(c1)c(Br)c(C)n3CCC2. The molecule has 1 N–H and O–H groups in total. The van der Waals surface area contributed by atoms with Gasteiger partial charge >= 0.3 is 0 Å². The third kappa shape index (κ3) is 1.64. The van der Waals surface area contributed by atoms with E-state index in [2.05, 4.69) is 44.9 Å². The van der Waals surface area contributed by atoms with Crippen LogP contribution in [0, 0.1) is 6.92 Å². The van der Waals surface area contributed by atoms with E-state index < -0.39 is 0 Å². The van der Waals surface area contributed by atoms with Gasteiger partial charge in [-0.1, -0.05) is 6.07 Å². The third-order valence-electron chi connectivity index (χ3n) is 3.69. The van der Waals surface area contributed by atoms with E-state index in [9.17, 15) is 0 Å². The minimum Gasteiger partial charge on any atom is -0.343 e. The smallest absolute Gasteiger partial charge is 0.0526 e. The molecule has 3 rings (SSSR count). The van der Waals surface area contributed by atoms with E-state index in [1.165, 1.54) is 45.0 Å². The Morgan fingerprint density at radius 3 is 3.00 bits per heavy atom. The monoisotopic (exact) mass is 292 g/mol. The number of benzene rings is 1. The molecule has 1 aromatic heterocycles. The Morgan fingerprint density at radius 1 is 1.41 bits per heavy atom. The molecule has 0 saturated carbocycles. The van der Waals surface area contributed by atoms with Crippen LogP contribution in [0.2, 0.25) is 0 Å². The van der Waals surface area contributed by atoms with E-state index >= 15 is 0 Å². The molecule has 0 bridgehead atoms. The number of nitrogens with zero attached hydrogens (tertiary/aromatic N) is 1. The van der Waals surface area contributed by atoms with Crippen LogP contribution in [0.4, 0.5) is 0 Å². The maximum atomic E-state index is 3.75. The van der Waals surface area contributed by atoms with Gasteiger partial charge in [-0.05, 0) is 59.9 Å². The molecule has 0 atom stereocenters. The van der Waals surface area contributed by atoms with E-state index in [0.717, 1.165) is 13.1 Å². The largest absolute Gasteiger partial charge is 0.343 e. The molecule has 2 heterocycles. The molecule has 0 spiro atoms. The summed E-state index contributed by atoms with van der Waals surface area (Å²) < 4.78 is 3.73. The Morgan fingerprint density at radius 2 is 2.24 bits per heavy atom. The van der Waals surface area contributed by atoms with Gasteiger partial charge in [0.2, 0.25) is 0 Å². The molecule has 90 valence electrons. The zero-order valence-electron chi connectivity index (χ0n) is 10.3. The summed E-state index contributed by atoms with van der Waals surface area (Å²) in [5.41, 5.74) is 5.70. The van der Waals surface area contributed by atoms with Gasteiger partial charge in [-0.25, -0.2) is 0 Å². The summed E-state index contributed by atoms with van der Waals surface area (Å²) in [5.74, 6) is 0. The van der Waals surface area contributed by atoms with Crippen LogP contribution in [0.5, 0.6) is 0 Å². The van der Waals surface area contributed by atoms with Crippen molar-refractivity contribution in [3.05, 3.63) is 33.4 Å². The highest BCUT2D eigenvalue weighted by Crippen LogP contribution is 2.36. The van der Waals surface area contributed by atoms with Crippen LogP contribution in [-0.2, 0) is 19.5 Å². The van der Waals surface area contributed by atoms with Crippen molar-refractivity contribution < 1.29 is 0 Å². The van der Waals surface area contributed by atoms with E-state index in [0.29, 0.717) is 0 Å². The van der Waals surface area contributed by atoms with Gasteiger partial charge in [-0.3, -0.25) is 0 Å². The third-order valence-corrected chi connectivity index (χ3v) is 4.69. The van der Waals surface area contributed by atoms with Gasteiger partial charge in [0.1, 0.15) is 0 Å². The van der Waals surface area contributed by atoms with Gasteiger partial charge in [0, 0.05) is 28.6 Å². The number of aromatic nitrogens is 1. The van der Waals surface area contributed by atoms with Crippen LogP contribution < -0.4 is 5.32 Å². The van der Waals surface area contributed by atoms with Crippen molar-refractivity contribution in [2.45, 2.75) is 32.9 Å². The molecule has 0 radical (unpaired) electrons. The summed E-state index contributed by atoms with van der Waals surface area (Å²) in [4.78, 5) is 0. The van der Waals surface area contributed by atoms with Crippen molar-refractivity contribution in [3.8, 4) is 0 Å².